The molecule has 2 aliphatic rings. The smallest absolute Gasteiger partial charge is 0.382 e. The van der Waals surface area contributed by atoms with Crippen molar-refractivity contribution in [3.63, 3.8) is 0 Å². The number of halogens is 3. The summed E-state index contributed by atoms with van der Waals surface area (Å²) in [7, 11) is 0. The number of rotatable bonds is 6. The Kier molecular flexibility index (Phi) is 8.45. The number of benzene rings is 2. The predicted molar refractivity (Wildman–Crippen MR) is 144 cm³/mol. The minimum atomic E-state index is -4.34. The van der Waals surface area contributed by atoms with Crippen molar-refractivity contribution in [3.05, 3.63) is 59.2 Å². The second-order valence-electron chi connectivity index (χ2n) is 10.1. The van der Waals surface area contributed by atoms with Gasteiger partial charge < -0.3 is 19.9 Å². The molecule has 2 aromatic carbocycles. The summed E-state index contributed by atoms with van der Waals surface area (Å²) in [5.74, 6) is 0. The van der Waals surface area contributed by atoms with Crippen molar-refractivity contribution in [2.45, 2.75) is 70.9 Å². The van der Waals surface area contributed by atoms with Gasteiger partial charge in [-0.2, -0.15) is 13.2 Å². The number of thiocarbonyl (C=S) groups is 1. The van der Waals surface area contributed by atoms with E-state index in [-0.39, 0.29) is 23.8 Å². The van der Waals surface area contributed by atoms with Crippen LogP contribution in [0, 0.1) is 13.8 Å². The molecular weight excluding hydrogens is 483 g/mol. The van der Waals surface area contributed by atoms with Gasteiger partial charge in [-0.05, 0) is 76.3 Å². The summed E-state index contributed by atoms with van der Waals surface area (Å²) < 4.78 is 46.0. The van der Waals surface area contributed by atoms with Gasteiger partial charge in [0.1, 0.15) is 11.1 Å². The molecule has 2 fully saturated rings. The predicted octanol–water partition coefficient (Wildman–Crippen LogP) is 6.60. The molecule has 4 nitrogen and oxygen atoms in total. The normalized spacial score (nSPS) is 21.8. The lowest BCUT2D eigenvalue weighted by Crippen LogP contribution is -2.51. The zero-order valence-corrected chi connectivity index (χ0v) is 22.1. The Morgan fingerprint density at radius 3 is 2.22 bits per heavy atom. The highest BCUT2D eigenvalue weighted by Gasteiger charge is 2.33. The number of aryl methyl sites for hydroxylation is 2. The van der Waals surface area contributed by atoms with Crippen LogP contribution < -0.4 is 10.2 Å². The van der Waals surface area contributed by atoms with E-state index in [0.717, 1.165) is 56.9 Å². The molecule has 0 radical (unpaired) electrons. The van der Waals surface area contributed by atoms with Crippen LogP contribution >= 0.6 is 12.2 Å². The highest BCUT2D eigenvalue weighted by Crippen LogP contribution is 2.34. The van der Waals surface area contributed by atoms with Crippen LogP contribution in [0.15, 0.2) is 42.5 Å². The highest BCUT2D eigenvalue weighted by atomic mass is 32.1. The number of anilines is 2. The molecule has 4 rings (SSSR count). The summed E-state index contributed by atoms with van der Waals surface area (Å²) in [5.41, 5.74) is 2.70. The van der Waals surface area contributed by atoms with Gasteiger partial charge in [0.05, 0.1) is 11.7 Å². The van der Waals surface area contributed by atoms with Crippen molar-refractivity contribution in [3.8, 4) is 0 Å². The fraction of sp³-hybridized carbons (Fsp3) is 0.536. The average molecular weight is 520 g/mol. The first-order chi connectivity index (χ1) is 17.1. The van der Waals surface area contributed by atoms with Crippen LogP contribution in [0.4, 0.5) is 24.5 Å². The first-order valence-corrected chi connectivity index (χ1v) is 13.2. The maximum atomic E-state index is 13.2. The Morgan fingerprint density at radius 2 is 1.61 bits per heavy atom. The van der Waals surface area contributed by atoms with E-state index in [1.54, 1.807) is 6.07 Å². The third-order valence-electron chi connectivity index (χ3n) is 7.32. The van der Waals surface area contributed by atoms with Crippen LogP contribution in [-0.4, -0.2) is 54.3 Å². The van der Waals surface area contributed by atoms with Crippen molar-refractivity contribution >= 4 is 28.6 Å². The van der Waals surface area contributed by atoms with Crippen LogP contribution in [0.3, 0.4) is 0 Å². The minimum Gasteiger partial charge on any atom is -0.382 e. The van der Waals surface area contributed by atoms with E-state index in [9.17, 15) is 13.2 Å². The topological polar surface area (TPSA) is 27.7 Å². The molecule has 1 aliphatic carbocycles. The van der Waals surface area contributed by atoms with Gasteiger partial charge >= 0.3 is 6.18 Å². The molecule has 1 saturated heterocycles. The van der Waals surface area contributed by atoms with Crippen LogP contribution in [0.25, 0.3) is 0 Å². The maximum Gasteiger partial charge on any atom is 0.416 e. The summed E-state index contributed by atoms with van der Waals surface area (Å²) in [6, 6.07) is 13.3. The number of ether oxygens (including phenoxy) is 1. The van der Waals surface area contributed by atoms with E-state index in [1.165, 1.54) is 30.3 Å². The number of hydrogen-bond acceptors (Lipinski definition) is 4. The lowest BCUT2D eigenvalue weighted by Gasteiger charge is -2.39. The fourth-order valence-electron chi connectivity index (χ4n) is 5.14. The summed E-state index contributed by atoms with van der Waals surface area (Å²) in [6.45, 7) is 9.25. The summed E-state index contributed by atoms with van der Waals surface area (Å²) in [5, 5.41) is 3.30. The molecule has 1 saturated carbocycles. The summed E-state index contributed by atoms with van der Waals surface area (Å²) in [4.78, 5) is 5.51. The molecule has 1 unspecified atom stereocenters. The standard InChI is InChI=1S/C28H36F3N3OS/c1-19-4-10-24(11-5-19)33-14-16-34(17-15-33)27(36)21(3)35-25-12-8-22(9-13-25)32-23-7-6-20(2)26(18-23)28(29,30)31/h4-7,10-11,18,21-22,25,32H,8-9,12-17H2,1-3H3. The van der Waals surface area contributed by atoms with E-state index in [1.807, 2.05) is 6.92 Å². The molecule has 2 aromatic rings. The minimum absolute atomic E-state index is 0.119. The first kappa shape index (κ1) is 26.7. The molecule has 0 spiro atoms. The largest absolute Gasteiger partial charge is 0.416 e. The van der Waals surface area contributed by atoms with Crippen LogP contribution in [0.5, 0.6) is 0 Å². The van der Waals surface area contributed by atoms with E-state index >= 15 is 0 Å². The number of alkyl halides is 3. The molecule has 0 amide bonds. The number of nitrogens with zero attached hydrogens (tertiary/aromatic N) is 2. The van der Waals surface area contributed by atoms with Gasteiger partial charge in [-0.3, -0.25) is 0 Å². The third-order valence-corrected chi connectivity index (χ3v) is 7.91. The van der Waals surface area contributed by atoms with Crippen molar-refractivity contribution < 1.29 is 17.9 Å². The number of hydrogen-bond donors (Lipinski definition) is 1. The highest BCUT2D eigenvalue weighted by molar-refractivity contribution is 7.80. The molecule has 1 atom stereocenters. The molecule has 1 N–H and O–H groups in total. The van der Waals surface area contributed by atoms with E-state index in [4.69, 9.17) is 17.0 Å². The van der Waals surface area contributed by atoms with Crippen molar-refractivity contribution in [2.24, 2.45) is 0 Å². The lowest BCUT2D eigenvalue weighted by molar-refractivity contribution is -0.138. The fourth-order valence-corrected chi connectivity index (χ4v) is 5.38. The maximum absolute atomic E-state index is 13.2. The van der Waals surface area contributed by atoms with Gasteiger partial charge in [-0.15, -0.1) is 0 Å². The van der Waals surface area contributed by atoms with Crippen molar-refractivity contribution in [2.75, 3.05) is 36.4 Å². The van der Waals surface area contributed by atoms with Gasteiger partial charge in [0.2, 0.25) is 0 Å². The van der Waals surface area contributed by atoms with Crippen LogP contribution in [-0.2, 0) is 10.9 Å². The molecule has 36 heavy (non-hydrogen) atoms. The quantitative estimate of drug-likeness (QED) is 0.434. The van der Waals surface area contributed by atoms with Gasteiger partial charge in [0.15, 0.2) is 0 Å². The summed E-state index contributed by atoms with van der Waals surface area (Å²) >= 11 is 5.78. The monoisotopic (exact) mass is 519 g/mol. The van der Waals surface area contributed by atoms with Gasteiger partial charge in [-0.1, -0.05) is 36.0 Å². The zero-order valence-electron chi connectivity index (χ0n) is 21.3. The van der Waals surface area contributed by atoms with Gasteiger partial charge in [0.25, 0.3) is 0 Å². The number of nitrogens with one attached hydrogen (secondary N) is 1. The van der Waals surface area contributed by atoms with E-state index in [0.29, 0.717) is 5.69 Å². The third kappa shape index (κ3) is 6.71. The van der Waals surface area contributed by atoms with Crippen LogP contribution in [0.1, 0.15) is 49.3 Å². The molecule has 196 valence electrons. The van der Waals surface area contributed by atoms with Crippen LogP contribution in [0.2, 0.25) is 0 Å². The van der Waals surface area contributed by atoms with Crippen molar-refractivity contribution in [1.82, 2.24) is 4.90 Å². The zero-order chi connectivity index (χ0) is 25.9. The Labute approximate surface area is 217 Å². The Hall–Kier alpha value is -2.32. The van der Waals surface area contributed by atoms with Gasteiger partial charge in [0, 0.05) is 43.6 Å². The Morgan fingerprint density at radius 1 is 0.972 bits per heavy atom. The van der Waals surface area contributed by atoms with E-state index < -0.39 is 11.7 Å². The molecule has 0 aromatic heterocycles. The summed E-state index contributed by atoms with van der Waals surface area (Å²) in [6.07, 6.45) is -0.910. The average Bonchev–Trinajstić information content (AvgIpc) is 2.86. The van der Waals surface area contributed by atoms with Gasteiger partial charge in [-0.25, -0.2) is 0 Å². The second kappa shape index (κ2) is 11.4. The Balaban J connectivity index is 1.21. The lowest BCUT2D eigenvalue weighted by atomic mass is 9.92. The SMILES string of the molecule is Cc1ccc(N2CCN(C(=S)C(C)OC3CCC(Nc4ccc(C)c(C(F)(F)F)c4)CC3)CC2)cc1. The molecule has 1 heterocycles. The Bertz CT molecular complexity index is 1030. The molecule has 8 heteroatoms. The molecule has 1 aliphatic heterocycles. The second-order valence-corrected chi connectivity index (χ2v) is 10.5. The first-order valence-electron chi connectivity index (χ1n) is 12.8. The van der Waals surface area contributed by atoms with Crippen molar-refractivity contribution in [1.29, 1.82) is 0 Å². The molecular formula is C28H36F3N3OS. The van der Waals surface area contributed by atoms with E-state index in [2.05, 4.69) is 46.3 Å². The molecule has 0 bridgehead atoms. The number of piperazine rings is 1.